The largest absolute Gasteiger partial charge is 0.249 e. The van der Waals surface area contributed by atoms with Gasteiger partial charge in [-0.1, -0.05) is 20.8 Å². The first-order valence-corrected chi connectivity index (χ1v) is 6.09. The lowest BCUT2D eigenvalue weighted by molar-refractivity contribution is 0.802. The van der Waals surface area contributed by atoms with E-state index in [1.165, 1.54) is 10.5 Å². The molecule has 0 aliphatic rings. The van der Waals surface area contributed by atoms with Crippen molar-refractivity contribution < 1.29 is 0 Å². The van der Waals surface area contributed by atoms with Gasteiger partial charge in [0.2, 0.25) is 0 Å². The molecule has 72 valence electrons. The summed E-state index contributed by atoms with van der Waals surface area (Å²) in [7, 11) is 0. The van der Waals surface area contributed by atoms with Crippen molar-refractivity contribution in [3.63, 3.8) is 0 Å². The second-order valence-electron chi connectivity index (χ2n) is 3.99. The standard InChI is InChI=1S/C10H14INS/c1-7-5-8(6-12-9(7)11)13-10(2,3)4/h5-6H,1-4H3. The summed E-state index contributed by atoms with van der Waals surface area (Å²) in [5, 5.41) is 0. The van der Waals surface area contributed by atoms with Crippen LogP contribution in [0.1, 0.15) is 26.3 Å². The van der Waals surface area contributed by atoms with Crippen LogP contribution < -0.4 is 0 Å². The maximum absolute atomic E-state index is 4.33. The van der Waals surface area contributed by atoms with Crippen LogP contribution in [0.15, 0.2) is 17.2 Å². The van der Waals surface area contributed by atoms with E-state index in [-0.39, 0.29) is 4.75 Å². The van der Waals surface area contributed by atoms with Gasteiger partial charge < -0.3 is 0 Å². The normalized spacial score (nSPS) is 11.8. The zero-order chi connectivity index (χ0) is 10.1. The SMILES string of the molecule is Cc1cc(SC(C)(C)C)cnc1I. The Bertz CT molecular complexity index is 304. The summed E-state index contributed by atoms with van der Waals surface area (Å²) >= 11 is 4.12. The Kier molecular flexibility index (Phi) is 3.63. The minimum Gasteiger partial charge on any atom is -0.249 e. The molecule has 1 heterocycles. The molecule has 3 heteroatoms. The molecule has 0 spiro atoms. The first kappa shape index (κ1) is 11.3. The van der Waals surface area contributed by atoms with Gasteiger partial charge in [-0.3, -0.25) is 0 Å². The van der Waals surface area contributed by atoms with Gasteiger partial charge >= 0.3 is 0 Å². The van der Waals surface area contributed by atoms with Crippen LogP contribution in [-0.4, -0.2) is 9.73 Å². The van der Waals surface area contributed by atoms with Crippen LogP contribution in [0.3, 0.4) is 0 Å². The lowest BCUT2D eigenvalue weighted by atomic mass is 10.3. The predicted octanol–water partition coefficient (Wildman–Crippen LogP) is 3.89. The number of aromatic nitrogens is 1. The van der Waals surface area contributed by atoms with E-state index in [0.29, 0.717) is 0 Å². The van der Waals surface area contributed by atoms with Crippen molar-refractivity contribution in [1.82, 2.24) is 4.98 Å². The first-order valence-electron chi connectivity index (χ1n) is 4.20. The van der Waals surface area contributed by atoms with Gasteiger partial charge in [0.1, 0.15) is 3.70 Å². The number of pyridine rings is 1. The van der Waals surface area contributed by atoms with Crippen molar-refractivity contribution >= 4 is 34.4 Å². The second-order valence-corrected chi connectivity index (χ2v) is 6.92. The molecule has 0 aliphatic heterocycles. The van der Waals surface area contributed by atoms with Gasteiger partial charge in [0.15, 0.2) is 0 Å². The zero-order valence-electron chi connectivity index (χ0n) is 8.39. The zero-order valence-corrected chi connectivity index (χ0v) is 11.4. The number of thioether (sulfide) groups is 1. The molecule has 0 aromatic carbocycles. The molecular weight excluding hydrogens is 293 g/mol. The lowest BCUT2D eigenvalue weighted by Crippen LogP contribution is -2.06. The summed E-state index contributed by atoms with van der Waals surface area (Å²) in [5.41, 5.74) is 1.26. The van der Waals surface area contributed by atoms with Crippen LogP contribution >= 0.6 is 34.4 Å². The molecule has 0 radical (unpaired) electrons. The molecule has 1 nitrogen and oxygen atoms in total. The van der Waals surface area contributed by atoms with E-state index in [9.17, 15) is 0 Å². The third-order valence-electron chi connectivity index (χ3n) is 1.41. The molecule has 0 saturated carbocycles. The molecule has 0 aliphatic carbocycles. The Labute approximate surface area is 97.9 Å². The maximum Gasteiger partial charge on any atom is 0.104 e. The maximum atomic E-state index is 4.33. The Balaban J connectivity index is 2.86. The summed E-state index contributed by atoms with van der Waals surface area (Å²) in [5.74, 6) is 0. The molecule has 0 amide bonds. The smallest absolute Gasteiger partial charge is 0.104 e. The van der Waals surface area contributed by atoms with Gasteiger partial charge in [0.25, 0.3) is 0 Å². The van der Waals surface area contributed by atoms with Gasteiger partial charge in [-0.25, -0.2) is 4.98 Å². The molecule has 0 N–H and O–H groups in total. The Morgan fingerprint density at radius 2 is 2.00 bits per heavy atom. The van der Waals surface area contributed by atoms with Gasteiger partial charge in [-0.15, -0.1) is 11.8 Å². The highest BCUT2D eigenvalue weighted by atomic mass is 127. The summed E-state index contributed by atoms with van der Waals surface area (Å²) in [4.78, 5) is 5.58. The highest BCUT2D eigenvalue weighted by Gasteiger charge is 2.12. The van der Waals surface area contributed by atoms with Crippen molar-refractivity contribution in [2.75, 3.05) is 0 Å². The average molecular weight is 307 g/mol. The number of halogens is 1. The third-order valence-corrected chi connectivity index (χ3v) is 3.61. The minimum atomic E-state index is 0.265. The number of hydrogen-bond donors (Lipinski definition) is 0. The monoisotopic (exact) mass is 307 g/mol. The fourth-order valence-corrected chi connectivity index (χ4v) is 2.28. The molecule has 0 bridgehead atoms. The molecule has 13 heavy (non-hydrogen) atoms. The highest BCUT2D eigenvalue weighted by molar-refractivity contribution is 14.1. The highest BCUT2D eigenvalue weighted by Crippen LogP contribution is 2.32. The van der Waals surface area contributed by atoms with E-state index in [4.69, 9.17) is 0 Å². The van der Waals surface area contributed by atoms with E-state index < -0.39 is 0 Å². The number of aryl methyl sites for hydroxylation is 1. The van der Waals surface area contributed by atoms with Crippen LogP contribution in [0.2, 0.25) is 0 Å². The quantitative estimate of drug-likeness (QED) is 0.443. The summed E-state index contributed by atoms with van der Waals surface area (Å²) in [6.45, 7) is 8.74. The summed E-state index contributed by atoms with van der Waals surface area (Å²) in [6.07, 6.45) is 1.95. The molecule has 1 aromatic heterocycles. The molecule has 0 fully saturated rings. The first-order chi connectivity index (χ1) is 5.88. The Morgan fingerprint density at radius 1 is 1.38 bits per heavy atom. The molecule has 1 aromatic rings. The minimum absolute atomic E-state index is 0.265. The van der Waals surface area contributed by atoms with E-state index in [0.717, 1.165) is 3.70 Å². The summed E-state index contributed by atoms with van der Waals surface area (Å²) in [6, 6.07) is 2.20. The fraction of sp³-hybridized carbons (Fsp3) is 0.500. The van der Waals surface area contributed by atoms with Gasteiger partial charge in [0.05, 0.1) is 0 Å². The van der Waals surface area contributed by atoms with Crippen LogP contribution in [0.5, 0.6) is 0 Å². The molecule has 0 saturated heterocycles. The third kappa shape index (κ3) is 3.85. The van der Waals surface area contributed by atoms with Crippen molar-refractivity contribution in [3.05, 3.63) is 21.5 Å². The van der Waals surface area contributed by atoms with E-state index >= 15 is 0 Å². The van der Waals surface area contributed by atoms with Gasteiger partial charge in [0, 0.05) is 15.8 Å². The predicted molar refractivity (Wildman–Crippen MR) is 67.3 cm³/mol. The van der Waals surface area contributed by atoms with E-state index in [1.807, 2.05) is 18.0 Å². The fourth-order valence-electron chi connectivity index (χ4n) is 0.942. The van der Waals surface area contributed by atoms with E-state index in [1.54, 1.807) is 0 Å². The van der Waals surface area contributed by atoms with Crippen molar-refractivity contribution in [2.45, 2.75) is 37.3 Å². The van der Waals surface area contributed by atoms with Crippen LogP contribution in [0, 0.1) is 10.6 Å². The number of rotatable bonds is 1. The molecule has 1 rings (SSSR count). The number of hydrogen-bond acceptors (Lipinski definition) is 2. The van der Waals surface area contributed by atoms with Gasteiger partial charge in [-0.2, -0.15) is 0 Å². The Hall–Kier alpha value is 0.230. The molecular formula is C10H14INS. The van der Waals surface area contributed by atoms with Crippen LogP contribution in [0.25, 0.3) is 0 Å². The topological polar surface area (TPSA) is 12.9 Å². The molecule has 0 unspecified atom stereocenters. The van der Waals surface area contributed by atoms with Crippen LogP contribution in [0.4, 0.5) is 0 Å². The summed E-state index contributed by atoms with van der Waals surface area (Å²) < 4.78 is 1.36. The second kappa shape index (κ2) is 4.17. The van der Waals surface area contributed by atoms with Crippen LogP contribution in [-0.2, 0) is 0 Å². The van der Waals surface area contributed by atoms with Gasteiger partial charge in [-0.05, 0) is 41.1 Å². The molecule has 0 atom stereocenters. The Morgan fingerprint density at radius 3 is 2.46 bits per heavy atom. The average Bonchev–Trinajstić information content (AvgIpc) is 1.94. The van der Waals surface area contributed by atoms with E-state index in [2.05, 4.69) is 61.3 Å². The lowest BCUT2D eigenvalue weighted by Gasteiger charge is -2.17. The van der Waals surface area contributed by atoms with Crippen molar-refractivity contribution in [3.8, 4) is 0 Å². The van der Waals surface area contributed by atoms with Crippen molar-refractivity contribution in [1.29, 1.82) is 0 Å². The number of nitrogens with zero attached hydrogens (tertiary/aromatic N) is 1. The van der Waals surface area contributed by atoms with Crippen molar-refractivity contribution in [2.24, 2.45) is 0 Å².